The maximum absolute atomic E-state index is 11.1. The molecule has 2 unspecified atom stereocenters. The van der Waals surface area contributed by atoms with Gasteiger partial charge in [-0.05, 0) is 49.3 Å². The van der Waals surface area contributed by atoms with Gasteiger partial charge in [-0.1, -0.05) is 48.9 Å². The summed E-state index contributed by atoms with van der Waals surface area (Å²) in [7, 11) is 0. The second-order valence-electron chi connectivity index (χ2n) is 7.59. The van der Waals surface area contributed by atoms with Crippen LogP contribution in [0.1, 0.15) is 56.6 Å². The molecule has 2 aromatic rings. The van der Waals surface area contributed by atoms with Crippen molar-refractivity contribution in [2.45, 2.75) is 56.7 Å². The molecule has 1 fully saturated rings. The number of aliphatic hydroxyl groups excluding tert-OH is 1. The highest BCUT2D eigenvalue weighted by Crippen LogP contribution is 2.52. The quantitative estimate of drug-likeness (QED) is 0.808. The molecule has 0 radical (unpaired) electrons. The Morgan fingerprint density at radius 1 is 1.04 bits per heavy atom. The highest BCUT2D eigenvalue weighted by Gasteiger charge is 2.49. The summed E-state index contributed by atoms with van der Waals surface area (Å²) >= 11 is 0. The molecular formula is C23H25NO2. The monoisotopic (exact) mass is 347 g/mol. The lowest BCUT2D eigenvalue weighted by Crippen LogP contribution is -2.50. The summed E-state index contributed by atoms with van der Waals surface area (Å²) in [5.74, 6) is 0.812. The molecule has 1 spiro atoms. The molecule has 4 rings (SSSR count). The molecule has 1 aliphatic heterocycles. The minimum Gasteiger partial charge on any atom is -0.486 e. The summed E-state index contributed by atoms with van der Waals surface area (Å²) in [6.07, 6.45) is 6.01. The van der Waals surface area contributed by atoms with Gasteiger partial charge in [0.05, 0.1) is 12.2 Å². The molecule has 1 N–H and O–H groups in total. The van der Waals surface area contributed by atoms with Crippen LogP contribution >= 0.6 is 0 Å². The third kappa shape index (κ3) is 2.99. The first-order valence-corrected chi connectivity index (χ1v) is 9.67. The van der Waals surface area contributed by atoms with Gasteiger partial charge in [0.2, 0.25) is 0 Å². The van der Waals surface area contributed by atoms with Crippen molar-refractivity contribution < 1.29 is 9.84 Å². The van der Waals surface area contributed by atoms with Crippen LogP contribution in [0.15, 0.2) is 48.5 Å². The number of rotatable bonds is 3. The van der Waals surface area contributed by atoms with Gasteiger partial charge in [-0.2, -0.15) is 5.26 Å². The zero-order valence-electron chi connectivity index (χ0n) is 15.0. The number of hydrogen-bond acceptors (Lipinski definition) is 3. The Morgan fingerprint density at radius 3 is 2.54 bits per heavy atom. The molecule has 3 heteroatoms. The smallest absolute Gasteiger partial charge is 0.126 e. The Morgan fingerprint density at radius 2 is 1.81 bits per heavy atom. The molecular weight excluding hydrogens is 322 g/mol. The predicted octanol–water partition coefficient (Wildman–Crippen LogP) is 5.40. The van der Waals surface area contributed by atoms with Gasteiger partial charge in [-0.25, -0.2) is 0 Å². The van der Waals surface area contributed by atoms with Crippen LogP contribution in [0.25, 0.3) is 11.1 Å². The molecule has 134 valence electrons. The van der Waals surface area contributed by atoms with Crippen LogP contribution in [0.4, 0.5) is 0 Å². The Bertz CT molecular complexity index is 803. The summed E-state index contributed by atoms with van der Waals surface area (Å²) in [6, 6.07) is 18.6. The molecule has 0 aromatic heterocycles. The van der Waals surface area contributed by atoms with Gasteiger partial charge in [0, 0.05) is 17.9 Å². The molecule has 0 amide bonds. The van der Waals surface area contributed by atoms with Crippen LogP contribution in [0.3, 0.4) is 0 Å². The lowest BCUT2D eigenvalue weighted by molar-refractivity contribution is -0.0984. The minimum atomic E-state index is -0.560. The second-order valence-corrected chi connectivity index (χ2v) is 7.59. The summed E-state index contributed by atoms with van der Waals surface area (Å²) in [6.45, 7) is 0. The molecule has 1 heterocycles. The molecule has 2 aromatic carbocycles. The Balaban J connectivity index is 1.73. The fourth-order valence-corrected chi connectivity index (χ4v) is 4.74. The van der Waals surface area contributed by atoms with E-state index in [1.807, 2.05) is 24.3 Å². The van der Waals surface area contributed by atoms with Crippen molar-refractivity contribution in [2.24, 2.45) is 5.92 Å². The van der Waals surface area contributed by atoms with Gasteiger partial charge in [-0.15, -0.1) is 0 Å². The predicted molar refractivity (Wildman–Crippen MR) is 102 cm³/mol. The molecule has 2 aliphatic rings. The molecule has 0 saturated heterocycles. The molecule has 1 saturated carbocycles. The Kier molecular flexibility index (Phi) is 4.70. The van der Waals surface area contributed by atoms with Crippen LogP contribution in [0.5, 0.6) is 5.75 Å². The molecule has 3 nitrogen and oxygen atoms in total. The first kappa shape index (κ1) is 17.1. The number of nitriles is 1. The lowest BCUT2D eigenvalue weighted by atomic mass is 9.68. The van der Waals surface area contributed by atoms with Crippen molar-refractivity contribution in [3.05, 3.63) is 54.1 Å². The van der Waals surface area contributed by atoms with Crippen LogP contribution in [-0.4, -0.2) is 10.7 Å². The van der Waals surface area contributed by atoms with E-state index in [2.05, 4.69) is 30.3 Å². The standard InChI is InChI=1S/C23H25NO2/c24-15-7-10-20-22(25)19-12-11-18(17-8-3-1-4-9-17)16-21(19)26-23(20)13-5-2-6-14-23/h1,3-4,8-9,11-12,16,20,22,25H,2,5-7,10,13-14H2. The van der Waals surface area contributed by atoms with E-state index in [0.717, 1.165) is 48.1 Å². The van der Waals surface area contributed by atoms with E-state index >= 15 is 0 Å². The largest absolute Gasteiger partial charge is 0.486 e. The average molecular weight is 347 g/mol. The number of benzene rings is 2. The van der Waals surface area contributed by atoms with Crippen molar-refractivity contribution in [2.75, 3.05) is 0 Å². The zero-order chi connectivity index (χ0) is 18.0. The fourth-order valence-electron chi connectivity index (χ4n) is 4.74. The average Bonchev–Trinajstić information content (AvgIpc) is 2.69. The van der Waals surface area contributed by atoms with Gasteiger partial charge in [-0.3, -0.25) is 0 Å². The van der Waals surface area contributed by atoms with Crippen LogP contribution in [0, 0.1) is 17.2 Å². The van der Waals surface area contributed by atoms with Crippen molar-refractivity contribution in [3.63, 3.8) is 0 Å². The number of ether oxygens (including phenoxy) is 1. The second kappa shape index (κ2) is 7.13. The number of hydrogen-bond donors (Lipinski definition) is 1. The van der Waals surface area contributed by atoms with Gasteiger partial charge in [0.25, 0.3) is 0 Å². The highest BCUT2D eigenvalue weighted by atomic mass is 16.5. The van der Waals surface area contributed by atoms with Gasteiger partial charge < -0.3 is 9.84 Å². The third-order valence-corrected chi connectivity index (χ3v) is 6.08. The first-order valence-electron chi connectivity index (χ1n) is 9.67. The summed E-state index contributed by atoms with van der Waals surface area (Å²) < 4.78 is 6.63. The Hall–Kier alpha value is -2.31. The molecule has 26 heavy (non-hydrogen) atoms. The number of aliphatic hydroxyl groups is 1. The van der Waals surface area contributed by atoms with Gasteiger partial charge in [0.15, 0.2) is 0 Å². The van der Waals surface area contributed by atoms with E-state index in [1.165, 1.54) is 6.42 Å². The molecule has 1 aliphatic carbocycles. The van der Waals surface area contributed by atoms with E-state index in [1.54, 1.807) is 0 Å². The SMILES string of the molecule is N#CCCC1C(O)c2ccc(-c3ccccc3)cc2OC12CCCCC2. The first-order chi connectivity index (χ1) is 12.7. The van der Waals surface area contributed by atoms with E-state index in [4.69, 9.17) is 10.00 Å². The molecule has 2 atom stereocenters. The van der Waals surface area contributed by atoms with Crippen LogP contribution in [0.2, 0.25) is 0 Å². The van der Waals surface area contributed by atoms with Crippen molar-refractivity contribution in [1.82, 2.24) is 0 Å². The topological polar surface area (TPSA) is 53.2 Å². The van der Waals surface area contributed by atoms with Crippen LogP contribution in [-0.2, 0) is 0 Å². The summed E-state index contributed by atoms with van der Waals surface area (Å²) in [5, 5.41) is 20.2. The van der Waals surface area contributed by atoms with Crippen LogP contribution < -0.4 is 4.74 Å². The minimum absolute atomic E-state index is 0.00229. The lowest BCUT2D eigenvalue weighted by Gasteiger charge is -2.49. The van der Waals surface area contributed by atoms with E-state index in [-0.39, 0.29) is 11.5 Å². The highest BCUT2D eigenvalue weighted by molar-refractivity contribution is 5.66. The zero-order valence-corrected chi connectivity index (χ0v) is 15.0. The summed E-state index contributed by atoms with van der Waals surface area (Å²) in [5.41, 5.74) is 2.80. The van der Waals surface area contributed by atoms with Crippen molar-refractivity contribution >= 4 is 0 Å². The van der Waals surface area contributed by atoms with Crippen molar-refractivity contribution in [3.8, 4) is 22.9 Å². The van der Waals surface area contributed by atoms with Crippen molar-refractivity contribution in [1.29, 1.82) is 5.26 Å². The molecule has 0 bridgehead atoms. The number of nitrogens with zero attached hydrogens (tertiary/aromatic N) is 1. The summed E-state index contributed by atoms with van der Waals surface area (Å²) in [4.78, 5) is 0. The van der Waals surface area contributed by atoms with E-state index in [0.29, 0.717) is 12.8 Å². The third-order valence-electron chi connectivity index (χ3n) is 6.08. The normalized spacial score (nSPS) is 23.7. The fraction of sp³-hybridized carbons (Fsp3) is 0.435. The van der Waals surface area contributed by atoms with E-state index < -0.39 is 6.10 Å². The van der Waals surface area contributed by atoms with Gasteiger partial charge in [0.1, 0.15) is 11.4 Å². The van der Waals surface area contributed by atoms with E-state index in [9.17, 15) is 5.11 Å². The maximum atomic E-state index is 11.1. The number of fused-ring (bicyclic) bond motifs is 1. The Labute approximate surface area is 155 Å². The van der Waals surface area contributed by atoms with Gasteiger partial charge >= 0.3 is 0 Å². The maximum Gasteiger partial charge on any atom is 0.126 e.